The van der Waals surface area contributed by atoms with Crippen molar-refractivity contribution in [3.8, 4) is 0 Å². The second-order valence-corrected chi connectivity index (χ2v) is 2.98. The third-order valence-electron chi connectivity index (χ3n) is 1.29. The molecule has 0 aliphatic rings. The summed E-state index contributed by atoms with van der Waals surface area (Å²) in [6.45, 7) is 0. The monoisotopic (exact) mass is 200 g/mol. The smallest absolute Gasteiger partial charge is 0.346 e. The van der Waals surface area contributed by atoms with Gasteiger partial charge in [0.15, 0.2) is 11.5 Å². The number of esters is 1. The minimum absolute atomic E-state index is 0.0995. The van der Waals surface area contributed by atoms with E-state index in [1.807, 2.05) is 0 Å². The van der Waals surface area contributed by atoms with Gasteiger partial charge in [-0.2, -0.15) is 0 Å². The minimum atomic E-state index is -0.699. The van der Waals surface area contributed by atoms with Crippen LogP contribution in [-0.4, -0.2) is 23.2 Å². The molecule has 0 atom stereocenters. The SMILES string of the molecule is COC(=O)C(=C(N)O)c1nccs1. The van der Waals surface area contributed by atoms with Gasteiger partial charge in [-0.1, -0.05) is 0 Å². The Morgan fingerprint density at radius 2 is 2.46 bits per heavy atom. The zero-order chi connectivity index (χ0) is 9.84. The zero-order valence-corrected chi connectivity index (χ0v) is 7.67. The van der Waals surface area contributed by atoms with Crippen molar-refractivity contribution < 1.29 is 14.6 Å². The highest BCUT2D eigenvalue weighted by Crippen LogP contribution is 2.19. The molecule has 0 bridgehead atoms. The van der Waals surface area contributed by atoms with Gasteiger partial charge in [0, 0.05) is 11.6 Å². The number of thiazole rings is 1. The molecule has 0 unspecified atom stereocenters. The first-order valence-corrected chi connectivity index (χ1v) is 4.21. The summed E-state index contributed by atoms with van der Waals surface area (Å²) in [7, 11) is 1.21. The van der Waals surface area contributed by atoms with Crippen LogP contribution in [0.2, 0.25) is 0 Å². The fourth-order valence-corrected chi connectivity index (χ4v) is 1.43. The van der Waals surface area contributed by atoms with Crippen molar-refractivity contribution >= 4 is 22.9 Å². The first-order chi connectivity index (χ1) is 6.16. The number of hydrogen-bond acceptors (Lipinski definition) is 6. The molecule has 5 nitrogen and oxygen atoms in total. The predicted molar refractivity (Wildman–Crippen MR) is 47.9 cm³/mol. The number of methoxy groups -OCH3 is 1. The Kier molecular flexibility index (Phi) is 2.86. The van der Waals surface area contributed by atoms with Gasteiger partial charge in [0.05, 0.1) is 7.11 Å². The number of nitrogens with two attached hydrogens (primary N) is 1. The fourth-order valence-electron chi connectivity index (χ4n) is 0.750. The van der Waals surface area contributed by atoms with Crippen LogP contribution in [0.1, 0.15) is 5.01 Å². The largest absolute Gasteiger partial charge is 0.494 e. The summed E-state index contributed by atoms with van der Waals surface area (Å²) in [6, 6.07) is 0. The van der Waals surface area contributed by atoms with Gasteiger partial charge in [-0.25, -0.2) is 9.78 Å². The molecule has 1 aromatic heterocycles. The maximum atomic E-state index is 11.1. The number of carbonyl (C=O) groups is 1. The molecule has 0 aliphatic heterocycles. The van der Waals surface area contributed by atoms with E-state index < -0.39 is 11.9 Å². The van der Waals surface area contributed by atoms with Crippen LogP contribution in [0.5, 0.6) is 0 Å². The van der Waals surface area contributed by atoms with Gasteiger partial charge >= 0.3 is 5.97 Å². The number of nitrogens with zero attached hydrogens (tertiary/aromatic N) is 1. The van der Waals surface area contributed by atoms with E-state index in [0.717, 1.165) is 0 Å². The summed E-state index contributed by atoms with van der Waals surface area (Å²) in [5.41, 5.74) is 5.01. The van der Waals surface area contributed by atoms with E-state index in [2.05, 4.69) is 9.72 Å². The van der Waals surface area contributed by atoms with Gasteiger partial charge in [0.25, 0.3) is 0 Å². The number of hydrogen-bond donors (Lipinski definition) is 2. The standard InChI is InChI=1S/C7H8N2O3S/c1-12-7(11)4(5(8)10)6-9-2-3-13-6/h2-3,10H,8H2,1H3. The Labute approximate surface area is 78.5 Å². The Bertz CT molecular complexity index is 328. The van der Waals surface area contributed by atoms with Crippen molar-refractivity contribution in [2.45, 2.75) is 0 Å². The van der Waals surface area contributed by atoms with E-state index in [9.17, 15) is 4.79 Å². The van der Waals surface area contributed by atoms with Gasteiger partial charge in [-0.15, -0.1) is 11.3 Å². The normalized spacial score (nSPS) is 12.1. The quantitative estimate of drug-likeness (QED) is 0.412. The van der Waals surface area contributed by atoms with Crippen molar-refractivity contribution in [3.05, 3.63) is 22.5 Å². The predicted octanol–water partition coefficient (Wildman–Crippen LogP) is 0.501. The van der Waals surface area contributed by atoms with Crippen molar-refractivity contribution in [1.29, 1.82) is 0 Å². The number of aromatic nitrogens is 1. The van der Waals surface area contributed by atoms with E-state index in [1.54, 1.807) is 5.38 Å². The summed E-state index contributed by atoms with van der Waals surface area (Å²) in [5, 5.41) is 11.0. The van der Waals surface area contributed by atoms with E-state index in [1.165, 1.54) is 24.6 Å². The summed E-state index contributed by atoms with van der Waals surface area (Å²) < 4.78 is 4.43. The van der Waals surface area contributed by atoms with E-state index >= 15 is 0 Å². The third kappa shape index (κ3) is 1.97. The summed E-state index contributed by atoms with van der Waals surface area (Å²) in [4.78, 5) is 14.9. The molecule has 0 aromatic carbocycles. The van der Waals surface area contributed by atoms with Gasteiger partial charge in [-0.05, 0) is 0 Å². The Morgan fingerprint density at radius 1 is 1.77 bits per heavy atom. The lowest BCUT2D eigenvalue weighted by Gasteiger charge is -2.01. The molecular formula is C7H8N2O3S. The van der Waals surface area contributed by atoms with Gasteiger partial charge in [0.2, 0.25) is 0 Å². The summed E-state index contributed by atoms with van der Waals surface area (Å²) >= 11 is 1.19. The number of carbonyl (C=O) groups excluding carboxylic acids is 1. The maximum absolute atomic E-state index is 11.1. The van der Waals surface area contributed by atoms with Crippen LogP contribution in [0.4, 0.5) is 0 Å². The summed E-state index contributed by atoms with van der Waals surface area (Å²) in [6.07, 6.45) is 1.51. The Morgan fingerprint density at radius 3 is 2.85 bits per heavy atom. The third-order valence-corrected chi connectivity index (χ3v) is 2.08. The number of aliphatic hydroxyl groups is 1. The molecule has 0 radical (unpaired) electrons. The molecule has 6 heteroatoms. The molecule has 0 fully saturated rings. The molecule has 0 saturated carbocycles. The first-order valence-electron chi connectivity index (χ1n) is 3.33. The highest BCUT2D eigenvalue weighted by atomic mass is 32.1. The van der Waals surface area contributed by atoms with Crippen LogP contribution in [0, 0.1) is 0 Å². The lowest BCUT2D eigenvalue weighted by atomic mass is 10.3. The van der Waals surface area contributed by atoms with Crippen molar-refractivity contribution in [2.24, 2.45) is 5.73 Å². The Hall–Kier alpha value is -1.56. The van der Waals surface area contributed by atoms with E-state index in [4.69, 9.17) is 10.8 Å². The molecule has 0 spiro atoms. The van der Waals surface area contributed by atoms with Crippen LogP contribution < -0.4 is 5.73 Å². The fraction of sp³-hybridized carbons (Fsp3) is 0.143. The van der Waals surface area contributed by atoms with Crippen LogP contribution in [0.3, 0.4) is 0 Å². The molecule has 70 valence electrons. The van der Waals surface area contributed by atoms with E-state index in [0.29, 0.717) is 5.01 Å². The van der Waals surface area contributed by atoms with Crippen molar-refractivity contribution in [3.63, 3.8) is 0 Å². The molecule has 0 amide bonds. The molecule has 1 aromatic rings. The maximum Gasteiger partial charge on any atom is 0.346 e. The average Bonchev–Trinajstić information content (AvgIpc) is 2.56. The molecular weight excluding hydrogens is 192 g/mol. The lowest BCUT2D eigenvalue weighted by molar-refractivity contribution is -0.133. The molecule has 1 heterocycles. The average molecular weight is 200 g/mol. The minimum Gasteiger partial charge on any atom is -0.494 e. The Balaban J connectivity index is 3.10. The second-order valence-electron chi connectivity index (χ2n) is 2.09. The first kappa shape index (κ1) is 9.53. The number of aliphatic hydroxyl groups excluding tert-OH is 1. The highest BCUT2D eigenvalue weighted by Gasteiger charge is 2.18. The topological polar surface area (TPSA) is 85.4 Å². The molecule has 0 aliphatic carbocycles. The number of ether oxygens (including phenoxy) is 1. The van der Waals surface area contributed by atoms with E-state index in [-0.39, 0.29) is 5.57 Å². The summed E-state index contributed by atoms with van der Waals surface area (Å²) in [5.74, 6) is -1.28. The lowest BCUT2D eigenvalue weighted by Crippen LogP contribution is -2.11. The van der Waals surface area contributed by atoms with Crippen molar-refractivity contribution in [1.82, 2.24) is 4.98 Å². The van der Waals surface area contributed by atoms with Crippen LogP contribution in [0.25, 0.3) is 5.57 Å². The van der Waals surface area contributed by atoms with Crippen LogP contribution in [-0.2, 0) is 9.53 Å². The highest BCUT2D eigenvalue weighted by molar-refractivity contribution is 7.11. The zero-order valence-electron chi connectivity index (χ0n) is 6.85. The molecule has 13 heavy (non-hydrogen) atoms. The van der Waals surface area contributed by atoms with Gasteiger partial charge in [0.1, 0.15) is 5.01 Å². The van der Waals surface area contributed by atoms with Crippen LogP contribution in [0.15, 0.2) is 17.5 Å². The molecule has 1 rings (SSSR count). The van der Waals surface area contributed by atoms with Gasteiger partial charge in [-0.3, -0.25) is 0 Å². The van der Waals surface area contributed by atoms with Crippen molar-refractivity contribution in [2.75, 3.05) is 7.11 Å². The molecule has 0 saturated heterocycles. The second kappa shape index (κ2) is 3.90. The number of rotatable bonds is 2. The van der Waals surface area contributed by atoms with Gasteiger partial charge < -0.3 is 15.6 Å². The molecule has 3 N–H and O–H groups in total. The van der Waals surface area contributed by atoms with Crippen LogP contribution >= 0.6 is 11.3 Å².